The average Bonchev–Trinajstić information content (AvgIpc) is 2.48. The van der Waals surface area contributed by atoms with Crippen LogP contribution in [0.25, 0.3) is 0 Å². The molecule has 1 amide bonds. The summed E-state index contributed by atoms with van der Waals surface area (Å²) in [4.78, 5) is 18.2. The molecule has 1 aliphatic heterocycles. The topological polar surface area (TPSA) is 86.2 Å². The van der Waals surface area contributed by atoms with Gasteiger partial charge < -0.3 is 25.4 Å². The quantitative estimate of drug-likeness (QED) is 0.336. The molecule has 0 aromatic heterocycles. The van der Waals surface area contributed by atoms with Crippen LogP contribution in [0.3, 0.4) is 0 Å². The van der Waals surface area contributed by atoms with E-state index in [1.54, 1.807) is 17.0 Å². The highest BCUT2D eigenvalue weighted by Crippen LogP contribution is 2.15. The van der Waals surface area contributed by atoms with Crippen LogP contribution in [0, 0.1) is 0 Å². The molecule has 1 heterocycles. The van der Waals surface area contributed by atoms with E-state index in [9.17, 15) is 9.90 Å². The zero-order valence-corrected chi connectivity index (χ0v) is 18.8. The van der Waals surface area contributed by atoms with E-state index >= 15 is 0 Å². The van der Waals surface area contributed by atoms with Gasteiger partial charge in [-0.3, -0.25) is 4.99 Å². The number of carbonyl (C=O) groups excluding carboxylic acids is 1. The summed E-state index contributed by atoms with van der Waals surface area (Å²) in [7, 11) is 0. The number of likely N-dealkylation sites (tertiary alicyclic amines) is 1. The Morgan fingerprint density at radius 2 is 2.07 bits per heavy atom. The first kappa shape index (κ1) is 23.3. The molecule has 0 radical (unpaired) electrons. The third-order valence-electron chi connectivity index (χ3n) is 3.80. The first-order valence-electron chi connectivity index (χ1n) is 9.07. The van der Waals surface area contributed by atoms with E-state index in [0.717, 1.165) is 24.5 Å². The van der Waals surface area contributed by atoms with Crippen molar-refractivity contribution >= 4 is 36.0 Å². The van der Waals surface area contributed by atoms with E-state index in [2.05, 4.69) is 15.6 Å². The van der Waals surface area contributed by atoms with Crippen molar-refractivity contribution in [2.24, 2.45) is 4.99 Å². The molecule has 3 N–H and O–H groups in total. The van der Waals surface area contributed by atoms with Crippen molar-refractivity contribution < 1.29 is 14.6 Å². The van der Waals surface area contributed by atoms with E-state index in [1.807, 2.05) is 39.8 Å². The first-order chi connectivity index (χ1) is 12.3. The van der Waals surface area contributed by atoms with Gasteiger partial charge in [0.2, 0.25) is 0 Å². The van der Waals surface area contributed by atoms with Gasteiger partial charge in [-0.1, -0.05) is 12.1 Å². The molecule has 1 saturated heterocycles. The van der Waals surface area contributed by atoms with Crippen LogP contribution in [0.2, 0.25) is 0 Å². The number of amides is 1. The van der Waals surface area contributed by atoms with Crippen molar-refractivity contribution in [3.05, 3.63) is 29.8 Å². The summed E-state index contributed by atoms with van der Waals surface area (Å²) in [5.41, 5.74) is 0.571. The van der Waals surface area contributed by atoms with Gasteiger partial charge >= 0.3 is 6.09 Å². The molecule has 0 atom stereocenters. The molecule has 1 fully saturated rings. The second-order valence-electron chi connectivity index (χ2n) is 7.41. The van der Waals surface area contributed by atoms with Gasteiger partial charge in [0.05, 0.1) is 6.04 Å². The highest BCUT2D eigenvalue weighted by molar-refractivity contribution is 14.0. The fourth-order valence-corrected chi connectivity index (χ4v) is 2.57. The Labute approximate surface area is 178 Å². The van der Waals surface area contributed by atoms with Crippen LogP contribution in [0.15, 0.2) is 29.3 Å². The van der Waals surface area contributed by atoms with Crippen LogP contribution in [-0.4, -0.2) is 59.9 Å². The molecular weight excluding hydrogens is 459 g/mol. The summed E-state index contributed by atoms with van der Waals surface area (Å²) < 4.78 is 5.36. The number of carbonyl (C=O) groups is 1. The second-order valence-corrected chi connectivity index (χ2v) is 7.41. The van der Waals surface area contributed by atoms with Crippen molar-refractivity contribution in [1.82, 2.24) is 15.5 Å². The maximum Gasteiger partial charge on any atom is 0.410 e. The van der Waals surface area contributed by atoms with E-state index in [0.29, 0.717) is 19.6 Å². The summed E-state index contributed by atoms with van der Waals surface area (Å²) in [6.07, 6.45) is 0.473. The SMILES string of the molecule is CCNC(=NCCc1cccc(O)c1)NC1CN(C(=O)OC(C)(C)C)C1.I. The molecule has 1 aliphatic rings. The zero-order valence-electron chi connectivity index (χ0n) is 16.5. The normalized spacial score (nSPS) is 14.8. The van der Waals surface area contributed by atoms with Crippen molar-refractivity contribution in [2.75, 3.05) is 26.2 Å². The number of halogens is 1. The average molecular weight is 490 g/mol. The van der Waals surface area contributed by atoms with Gasteiger partial charge in [-0.25, -0.2) is 4.79 Å². The maximum atomic E-state index is 12.0. The van der Waals surface area contributed by atoms with Crippen molar-refractivity contribution in [2.45, 2.75) is 45.8 Å². The number of phenols is 1. The van der Waals surface area contributed by atoms with Gasteiger partial charge in [-0.05, 0) is 51.8 Å². The van der Waals surface area contributed by atoms with Crippen LogP contribution in [-0.2, 0) is 11.2 Å². The predicted molar refractivity (Wildman–Crippen MR) is 118 cm³/mol. The highest BCUT2D eigenvalue weighted by atomic mass is 127. The number of nitrogens with one attached hydrogen (secondary N) is 2. The van der Waals surface area contributed by atoms with Gasteiger partial charge in [-0.15, -0.1) is 24.0 Å². The predicted octanol–water partition coefficient (Wildman–Crippen LogP) is 2.73. The molecule has 0 aliphatic carbocycles. The number of hydrogen-bond acceptors (Lipinski definition) is 4. The Balaban J connectivity index is 0.00000364. The van der Waals surface area contributed by atoms with E-state index in [1.165, 1.54) is 0 Å². The van der Waals surface area contributed by atoms with Gasteiger partial charge in [0.25, 0.3) is 0 Å². The number of nitrogens with zero attached hydrogens (tertiary/aromatic N) is 2. The largest absolute Gasteiger partial charge is 0.508 e. The standard InChI is InChI=1S/C19H30N4O3.HI/c1-5-20-17(21-10-9-14-7-6-8-16(24)11-14)22-15-12-23(13-15)18(25)26-19(2,3)4;/h6-8,11,15,24H,5,9-10,12-13H2,1-4H3,(H2,20,21,22);1H. The Morgan fingerprint density at radius 3 is 2.67 bits per heavy atom. The minimum atomic E-state index is -0.474. The Kier molecular flexibility index (Phi) is 9.14. The molecule has 0 bridgehead atoms. The number of rotatable bonds is 5. The van der Waals surface area contributed by atoms with Crippen LogP contribution in [0.1, 0.15) is 33.3 Å². The number of guanidine groups is 1. The molecule has 152 valence electrons. The molecule has 7 nitrogen and oxygen atoms in total. The fraction of sp³-hybridized carbons (Fsp3) is 0.579. The summed E-state index contributed by atoms with van der Waals surface area (Å²) >= 11 is 0. The van der Waals surface area contributed by atoms with E-state index < -0.39 is 5.60 Å². The highest BCUT2D eigenvalue weighted by Gasteiger charge is 2.34. The second kappa shape index (κ2) is 10.6. The number of aromatic hydroxyl groups is 1. The lowest BCUT2D eigenvalue weighted by Gasteiger charge is -2.40. The summed E-state index contributed by atoms with van der Waals surface area (Å²) in [6, 6.07) is 7.38. The van der Waals surface area contributed by atoms with Crippen molar-refractivity contribution in [3.63, 3.8) is 0 Å². The molecule has 8 heteroatoms. The van der Waals surface area contributed by atoms with Gasteiger partial charge in [0, 0.05) is 26.2 Å². The third kappa shape index (κ3) is 8.23. The van der Waals surface area contributed by atoms with Crippen molar-refractivity contribution in [1.29, 1.82) is 0 Å². The van der Waals surface area contributed by atoms with Crippen LogP contribution in [0.4, 0.5) is 4.79 Å². The van der Waals surface area contributed by atoms with Gasteiger partial charge in [0.1, 0.15) is 11.4 Å². The van der Waals surface area contributed by atoms with E-state index in [4.69, 9.17) is 4.74 Å². The lowest BCUT2D eigenvalue weighted by molar-refractivity contribution is 0.00700. The minimum absolute atomic E-state index is 0. The fourth-order valence-electron chi connectivity index (χ4n) is 2.57. The molecule has 1 aromatic rings. The Hall–Kier alpha value is -1.71. The minimum Gasteiger partial charge on any atom is -0.508 e. The monoisotopic (exact) mass is 490 g/mol. The van der Waals surface area contributed by atoms with Crippen LogP contribution in [0.5, 0.6) is 5.75 Å². The van der Waals surface area contributed by atoms with E-state index in [-0.39, 0.29) is 41.9 Å². The van der Waals surface area contributed by atoms with Gasteiger partial charge in [-0.2, -0.15) is 0 Å². The first-order valence-corrected chi connectivity index (χ1v) is 9.07. The molecule has 27 heavy (non-hydrogen) atoms. The molecule has 2 rings (SSSR count). The maximum absolute atomic E-state index is 12.0. The number of aliphatic imine (C=N–C) groups is 1. The summed E-state index contributed by atoms with van der Waals surface area (Å²) in [5, 5.41) is 16.1. The Morgan fingerprint density at radius 1 is 1.37 bits per heavy atom. The molecule has 0 unspecified atom stereocenters. The molecule has 1 aromatic carbocycles. The van der Waals surface area contributed by atoms with Gasteiger partial charge in [0.15, 0.2) is 5.96 Å². The molecule has 0 saturated carbocycles. The van der Waals surface area contributed by atoms with Crippen LogP contribution < -0.4 is 10.6 Å². The summed E-state index contributed by atoms with van der Waals surface area (Å²) in [6.45, 7) is 10.2. The lowest BCUT2D eigenvalue weighted by Crippen LogP contribution is -2.63. The van der Waals surface area contributed by atoms with Crippen LogP contribution >= 0.6 is 24.0 Å². The number of benzene rings is 1. The third-order valence-corrected chi connectivity index (χ3v) is 3.80. The Bertz CT molecular complexity index is 640. The lowest BCUT2D eigenvalue weighted by atomic mass is 10.1. The summed E-state index contributed by atoms with van der Waals surface area (Å²) in [5.74, 6) is 1.01. The number of phenolic OH excluding ortho intramolecular Hbond substituents is 1. The smallest absolute Gasteiger partial charge is 0.410 e. The van der Waals surface area contributed by atoms with Crippen molar-refractivity contribution in [3.8, 4) is 5.75 Å². The molecule has 0 spiro atoms. The molecular formula is C19H31IN4O3. The number of hydrogen-bond donors (Lipinski definition) is 3. The zero-order chi connectivity index (χ0) is 19.2. The number of ether oxygens (including phenoxy) is 1.